The van der Waals surface area contributed by atoms with Gasteiger partial charge in [-0.2, -0.15) is 0 Å². The maximum Gasteiger partial charge on any atom is 0.136 e. The summed E-state index contributed by atoms with van der Waals surface area (Å²) in [6.45, 7) is 0.578. The van der Waals surface area contributed by atoms with Gasteiger partial charge in [0.15, 0.2) is 0 Å². The Kier molecular flexibility index (Phi) is 3.07. The summed E-state index contributed by atoms with van der Waals surface area (Å²) in [6, 6.07) is 1.89. The topological polar surface area (TPSA) is 70.1 Å². The van der Waals surface area contributed by atoms with Crippen molar-refractivity contribution in [3.63, 3.8) is 0 Å². The fraction of sp³-hybridized carbons (Fsp3) is 0.692. The first-order valence-corrected chi connectivity index (χ1v) is 6.75. The molecule has 0 aromatic carbocycles. The molecule has 5 nitrogen and oxygen atoms in total. The van der Waals surface area contributed by atoms with Gasteiger partial charge in [-0.1, -0.05) is 0 Å². The Balaban J connectivity index is 1.67. The van der Waals surface area contributed by atoms with Crippen LogP contribution in [0.3, 0.4) is 0 Å². The van der Waals surface area contributed by atoms with Gasteiger partial charge in [0.25, 0.3) is 0 Å². The lowest BCUT2D eigenvalue weighted by atomic mass is 10.2. The zero-order chi connectivity index (χ0) is 12.5. The summed E-state index contributed by atoms with van der Waals surface area (Å²) >= 11 is 0. The Morgan fingerprint density at radius 3 is 2.61 bits per heavy atom. The number of hydrogen-bond acceptors (Lipinski definition) is 5. The largest absolute Gasteiger partial charge is 0.391 e. The zero-order valence-corrected chi connectivity index (χ0v) is 10.7. The Hall–Kier alpha value is -1.36. The minimum absolute atomic E-state index is 0.248. The molecule has 2 saturated carbocycles. The van der Waals surface area contributed by atoms with E-state index >= 15 is 0 Å². The number of aliphatic hydroxyl groups excluding tert-OH is 1. The highest BCUT2D eigenvalue weighted by Crippen LogP contribution is 2.39. The first-order chi connectivity index (χ1) is 8.76. The van der Waals surface area contributed by atoms with Gasteiger partial charge in [0, 0.05) is 25.6 Å². The van der Waals surface area contributed by atoms with Crippen molar-refractivity contribution in [3.05, 3.63) is 11.9 Å². The van der Waals surface area contributed by atoms with Crippen LogP contribution >= 0.6 is 0 Å². The third kappa shape index (κ3) is 2.72. The molecule has 1 aromatic rings. The van der Waals surface area contributed by atoms with Crippen LogP contribution in [0.5, 0.6) is 0 Å². The summed E-state index contributed by atoms with van der Waals surface area (Å²) < 4.78 is 0. The Morgan fingerprint density at radius 2 is 2.00 bits per heavy atom. The minimum atomic E-state index is -0.248. The van der Waals surface area contributed by atoms with E-state index in [1.54, 1.807) is 0 Å². The summed E-state index contributed by atoms with van der Waals surface area (Å²) in [5, 5.41) is 16.1. The van der Waals surface area contributed by atoms with E-state index in [0.29, 0.717) is 18.4 Å². The number of rotatable bonds is 6. The third-order valence-corrected chi connectivity index (χ3v) is 3.60. The normalized spacial score (nSPS) is 20.6. The molecule has 1 atom stereocenters. The number of nitrogens with zero attached hydrogens (tertiary/aromatic N) is 2. The molecule has 0 bridgehead atoms. The lowest BCUT2D eigenvalue weighted by molar-refractivity contribution is 0.164. The van der Waals surface area contributed by atoms with E-state index in [4.69, 9.17) is 0 Å². The van der Waals surface area contributed by atoms with E-state index in [9.17, 15) is 5.11 Å². The molecule has 2 aliphatic carbocycles. The molecular formula is C13H20N4O. The average molecular weight is 248 g/mol. The Labute approximate surface area is 107 Å². The minimum Gasteiger partial charge on any atom is -0.391 e. The van der Waals surface area contributed by atoms with Gasteiger partial charge in [0.2, 0.25) is 0 Å². The monoisotopic (exact) mass is 248 g/mol. The maximum absolute atomic E-state index is 9.85. The molecule has 3 rings (SSSR count). The highest BCUT2D eigenvalue weighted by atomic mass is 16.3. The molecule has 1 unspecified atom stereocenters. The van der Waals surface area contributed by atoms with Crippen LogP contribution < -0.4 is 10.6 Å². The van der Waals surface area contributed by atoms with Crippen molar-refractivity contribution in [2.24, 2.45) is 5.92 Å². The first kappa shape index (κ1) is 11.7. The molecular weight excluding hydrogens is 228 g/mol. The zero-order valence-electron chi connectivity index (χ0n) is 10.7. The lowest BCUT2D eigenvalue weighted by Crippen LogP contribution is -2.22. The van der Waals surface area contributed by atoms with Crippen molar-refractivity contribution < 1.29 is 5.11 Å². The molecule has 0 aliphatic heterocycles. The molecule has 2 fully saturated rings. The van der Waals surface area contributed by atoms with Crippen LogP contribution in [0.15, 0.2) is 6.07 Å². The van der Waals surface area contributed by atoms with Crippen molar-refractivity contribution in [1.29, 1.82) is 0 Å². The van der Waals surface area contributed by atoms with Crippen LogP contribution in [0, 0.1) is 5.92 Å². The van der Waals surface area contributed by atoms with Crippen LogP contribution in [-0.2, 0) is 0 Å². The standard InChI is InChI=1S/C13H20N4O/c1-14-11-6-12(15-7-10(18)8-2-3-8)17-13(16-11)9-4-5-9/h6,8-10,18H,2-5,7H2,1H3,(H2,14,15,16,17). The fourth-order valence-electron chi connectivity index (χ4n) is 2.07. The average Bonchev–Trinajstić information content (AvgIpc) is 3.26. The van der Waals surface area contributed by atoms with Gasteiger partial charge in [-0.15, -0.1) is 0 Å². The van der Waals surface area contributed by atoms with Crippen molar-refractivity contribution in [2.45, 2.75) is 37.7 Å². The van der Waals surface area contributed by atoms with Gasteiger partial charge < -0.3 is 15.7 Å². The fourth-order valence-corrected chi connectivity index (χ4v) is 2.07. The smallest absolute Gasteiger partial charge is 0.136 e. The van der Waals surface area contributed by atoms with Crippen molar-refractivity contribution in [2.75, 3.05) is 24.2 Å². The molecule has 0 spiro atoms. The SMILES string of the molecule is CNc1cc(NCC(O)C2CC2)nc(C2CC2)n1. The van der Waals surface area contributed by atoms with E-state index in [-0.39, 0.29) is 6.10 Å². The van der Waals surface area contributed by atoms with Crippen LogP contribution in [0.25, 0.3) is 0 Å². The Bertz CT molecular complexity index is 429. The van der Waals surface area contributed by atoms with Crippen molar-refractivity contribution >= 4 is 11.6 Å². The maximum atomic E-state index is 9.85. The summed E-state index contributed by atoms with van der Waals surface area (Å²) in [4.78, 5) is 8.99. The molecule has 5 heteroatoms. The van der Waals surface area contributed by atoms with Gasteiger partial charge in [0.05, 0.1) is 6.10 Å². The molecule has 0 saturated heterocycles. The predicted molar refractivity (Wildman–Crippen MR) is 70.8 cm³/mol. The van der Waals surface area contributed by atoms with Gasteiger partial charge in [-0.05, 0) is 31.6 Å². The molecule has 2 aliphatic rings. The molecule has 0 amide bonds. The van der Waals surface area contributed by atoms with Crippen LogP contribution in [-0.4, -0.2) is 34.8 Å². The highest BCUT2D eigenvalue weighted by molar-refractivity contribution is 5.48. The summed E-state index contributed by atoms with van der Waals surface area (Å²) in [6.07, 6.45) is 4.44. The third-order valence-electron chi connectivity index (χ3n) is 3.60. The quantitative estimate of drug-likeness (QED) is 0.713. The first-order valence-electron chi connectivity index (χ1n) is 6.75. The number of aromatic nitrogens is 2. The second kappa shape index (κ2) is 4.72. The Morgan fingerprint density at radius 1 is 1.28 bits per heavy atom. The highest BCUT2D eigenvalue weighted by Gasteiger charge is 2.30. The van der Waals surface area contributed by atoms with E-state index in [1.807, 2.05) is 13.1 Å². The van der Waals surface area contributed by atoms with Gasteiger partial charge >= 0.3 is 0 Å². The summed E-state index contributed by atoms with van der Waals surface area (Å²) in [5.74, 6) is 3.61. The molecule has 1 heterocycles. The van der Waals surface area contributed by atoms with Crippen molar-refractivity contribution in [1.82, 2.24) is 9.97 Å². The van der Waals surface area contributed by atoms with E-state index in [0.717, 1.165) is 30.3 Å². The van der Waals surface area contributed by atoms with Gasteiger partial charge in [0.1, 0.15) is 17.5 Å². The number of aliphatic hydroxyl groups is 1. The van der Waals surface area contributed by atoms with E-state index in [1.165, 1.54) is 12.8 Å². The van der Waals surface area contributed by atoms with Gasteiger partial charge in [-0.25, -0.2) is 9.97 Å². The molecule has 3 N–H and O–H groups in total. The van der Waals surface area contributed by atoms with E-state index < -0.39 is 0 Å². The second-order valence-corrected chi connectivity index (χ2v) is 5.31. The van der Waals surface area contributed by atoms with Gasteiger partial charge in [-0.3, -0.25) is 0 Å². The number of nitrogens with one attached hydrogen (secondary N) is 2. The molecule has 0 radical (unpaired) electrons. The van der Waals surface area contributed by atoms with E-state index in [2.05, 4.69) is 20.6 Å². The van der Waals surface area contributed by atoms with Crippen LogP contribution in [0.1, 0.15) is 37.4 Å². The predicted octanol–water partition coefficient (Wildman–Crippen LogP) is 1.58. The molecule has 1 aromatic heterocycles. The molecule has 18 heavy (non-hydrogen) atoms. The second-order valence-electron chi connectivity index (χ2n) is 5.31. The lowest BCUT2D eigenvalue weighted by Gasteiger charge is -2.12. The van der Waals surface area contributed by atoms with Crippen LogP contribution in [0.2, 0.25) is 0 Å². The van der Waals surface area contributed by atoms with Crippen molar-refractivity contribution in [3.8, 4) is 0 Å². The van der Waals surface area contributed by atoms with Crippen LogP contribution in [0.4, 0.5) is 11.6 Å². The molecule has 98 valence electrons. The summed E-state index contributed by atoms with van der Waals surface area (Å²) in [5.41, 5.74) is 0. The summed E-state index contributed by atoms with van der Waals surface area (Å²) in [7, 11) is 1.86. The number of anilines is 2. The number of hydrogen-bond donors (Lipinski definition) is 3.